The number of amides is 1. The summed E-state index contributed by atoms with van der Waals surface area (Å²) >= 11 is 0. The van der Waals surface area contributed by atoms with Gasteiger partial charge in [-0.1, -0.05) is 13.8 Å². The van der Waals surface area contributed by atoms with E-state index < -0.39 is 0 Å². The minimum Gasteiger partial charge on any atom is -0.377 e. The number of carbonyl (C=O) groups excluding carboxylic acids is 1. The fourth-order valence-corrected chi connectivity index (χ4v) is 2.38. The van der Waals surface area contributed by atoms with Crippen molar-refractivity contribution in [2.75, 3.05) is 11.9 Å². The lowest BCUT2D eigenvalue weighted by Gasteiger charge is -2.29. The van der Waals surface area contributed by atoms with Crippen LogP contribution in [0, 0.1) is 5.92 Å². The van der Waals surface area contributed by atoms with E-state index >= 15 is 0 Å². The van der Waals surface area contributed by atoms with Crippen LogP contribution in [-0.2, 0) is 16.0 Å². The molecule has 2 rings (SSSR count). The van der Waals surface area contributed by atoms with Gasteiger partial charge in [0.25, 0.3) is 0 Å². The van der Waals surface area contributed by atoms with E-state index in [1.165, 1.54) is 0 Å². The molecule has 0 aromatic carbocycles. The topological polar surface area (TPSA) is 64.1 Å². The molecule has 5 nitrogen and oxygen atoms in total. The van der Waals surface area contributed by atoms with E-state index in [1.54, 1.807) is 12.4 Å². The van der Waals surface area contributed by atoms with Gasteiger partial charge >= 0.3 is 0 Å². The van der Waals surface area contributed by atoms with Gasteiger partial charge in [-0.2, -0.15) is 0 Å². The lowest BCUT2D eigenvalue weighted by atomic mass is 9.92. The zero-order chi connectivity index (χ0) is 13.7. The Kier molecular flexibility index (Phi) is 4.85. The van der Waals surface area contributed by atoms with Crippen molar-refractivity contribution in [2.45, 2.75) is 45.6 Å². The maximum atomic E-state index is 12.2. The van der Waals surface area contributed by atoms with Crippen LogP contribution in [-0.4, -0.2) is 28.6 Å². The second kappa shape index (κ2) is 6.61. The average Bonchev–Trinajstić information content (AvgIpc) is 2.48. The summed E-state index contributed by atoms with van der Waals surface area (Å²) in [5.74, 6) is 0.731. The largest absolute Gasteiger partial charge is 0.377 e. The molecular formula is C14H21N3O2. The van der Waals surface area contributed by atoms with E-state index in [9.17, 15) is 4.79 Å². The number of nitrogens with zero attached hydrogens (tertiary/aromatic N) is 2. The molecule has 1 amide bonds. The number of hydrogen-bond donors (Lipinski definition) is 1. The molecule has 0 radical (unpaired) electrons. The predicted molar refractivity (Wildman–Crippen MR) is 72.8 cm³/mol. The van der Waals surface area contributed by atoms with E-state index in [-0.39, 0.29) is 17.9 Å². The van der Waals surface area contributed by atoms with Gasteiger partial charge < -0.3 is 10.1 Å². The molecule has 1 fully saturated rings. The van der Waals surface area contributed by atoms with Gasteiger partial charge in [0.1, 0.15) is 5.82 Å². The van der Waals surface area contributed by atoms with E-state index in [2.05, 4.69) is 22.2 Å². The molecule has 1 saturated heterocycles. The van der Waals surface area contributed by atoms with E-state index in [0.29, 0.717) is 5.69 Å². The highest BCUT2D eigenvalue weighted by Gasteiger charge is 2.30. The van der Waals surface area contributed by atoms with Gasteiger partial charge in [-0.3, -0.25) is 4.79 Å². The Labute approximate surface area is 113 Å². The molecule has 0 unspecified atom stereocenters. The number of aryl methyl sites for hydroxylation is 1. The van der Waals surface area contributed by atoms with E-state index in [1.807, 2.05) is 6.92 Å². The van der Waals surface area contributed by atoms with Crippen molar-refractivity contribution >= 4 is 11.6 Å². The van der Waals surface area contributed by atoms with Crippen molar-refractivity contribution < 1.29 is 9.53 Å². The van der Waals surface area contributed by atoms with Gasteiger partial charge in [0, 0.05) is 13.0 Å². The summed E-state index contributed by atoms with van der Waals surface area (Å²) in [4.78, 5) is 20.6. The van der Waals surface area contributed by atoms with Gasteiger partial charge in [-0.15, -0.1) is 0 Å². The van der Waals surface area contributed by atoms with Gasteiger partial charge in [-0.25, -0.2) is 9.97 Å². The number of anilines is 1. The number of ether oxygens (including phenoxy) is 1. The maximum absolute atomic E-state index is 12.2. The quantitative estimate of drug-likeness (QED) is 0.904. The monoisotopic (exact) mass is 263 g/mol. The molecular weight excluding hydrogens is 242 g/mol. The fourth-order valence-electron chi connectivity index (χ4n) is 2.38. The lowest BCUT2D eigenvalue weighted by Crippen LogP contribution is -2.37. The highest BCUT2D eigenvalue weighted by atomic mass is 16.5. The highest BCUT2D eigenvalue weighted by Crippen LogP contribution is 2.24. The van der Waals surface area contributed by atoms with Gasteiger partial charge in [0.05, 0.1) is 30.1 Å². The molecule has 0 bridgehead atoms. The second-order valence-electron chi connectivity index (χ2n) is 4.80. The predicted octanol–water partition coefficient (Wildman–Crippen LogP) is 2.18. The maximum Gasteiger partial charge on any atom is 0.230 e. The third kappa shape index (κ3) is 3.50. The molecule has 5 heteroatoms. The van der Waals surface area contributed by atoms with Crippen molar-refractivity contribution in [2.24, 2.45) is 5.92 Å². The van der Waals surface area contributed by atoms with E-state index in [4.69, 9.17) is 4.74 Å². The third-order valence-electron chi connectivity index (χ3n) is 3.47. The first-order valence-electron chi connectivity index (χ1n) is 6.98. The molecule has 0 spiro atoms. The van der Waals surface area contributed by atoms with Crippen LogP contribution in [0.4, 0.5) is 5.69 Å². The Morgan fingerprint density at radius 1 is 1.42 bits per heavy atom. The molecule has 1 N–H and O–H groups in total. The molecule has 2 atom stereocenters. The van der Waals surface area contributed by atoms with Crippen molar-refractivity contribution in [1.29, 1.82) is 0 Å². The number of rotatable bonds is 4. The lowest BCUT2D eigenvalue weighted by molar-refractivity contribution is -0.129. The van der Waals surface area contributed by atoms with Gasteiger partial charge in [0.15, 0.2) is 0 Å². The first kappa shape index (κ1) is 13.9. The number of hydrogen-bond acceptors (Lipinski definition) is 4. The van der Waals surface area contributed by atoms with Gasteiger partial charge in [0.2, 0.25) is 5.91 Å². The molecule has 1 aliphatic rings. The molecule has 104 valence electrons. The van der Waals surface area contributed by atoms with Gasteiger partial charge in [-0.05, 0) is 19.3 Å². The third-order valence-corrected chi connectivity index (χ3v) is 3.47. The Bertz CT molecular complexity index is 419. The number of nitrogens with one attached hydrogen (secondary N) is 1. The minimum absolute atomic E-state index is 0.0133. The molecule has 0 aliphatic carbocycles. The molecule has 19 heavy (non-hydrogen) atoms. The number of carbonyl (C=O) groups is 1. The van der Waals surface area contributed by atoms with Crippen LogP contribution < -0.4 is 5.32 Å². The summed E-state index contributed by atoms with van der Waals surface area (Å²) in [6.07, 6.45) is 6.84. The molecule has 1 aromatic heterocycles. The normalized spacial score (nSPS) is 23.1. The Morgan fingerprint density at radius 3 is 2.79 bits per heavy atom. The van der Waals surface area contributed by atoms with E-state index in [0.717, 1.165) is 38.1 Å². The summed E-state index contributed by atoms with van der Waals surface area (Å²) in [5, 5.41) is 2.88. The Morgan fingerprint density at radius 2 is 2.16 bits per heavy atom. The van der Waals surface area contributed by atoms with Crippen LogP contribution in [0.5, 0.6) is 0 Å². The van der Waals surface area contributed by atoms with Crippen LogP contribution >= 0.6 is 0 Å². The molecule has 1 aliphatic heterocycles. The van der Waals surface area contributed by atoms with Crippen molar-refractivity contribution in [3.63, 3.8) is 0 Å². The SMILES string of the molecule is CCc1ncc(NC(=O)[C@H]2CCCO[C@@H]2CC)cn1. The van der Waals surface area contributed by atoms with Crippen LogP contribution in [0.3, 0.4) is 0 Å². The molecule has 2 heterocycles. The molecule has 1 aromatic rings. The van der Waals surface area contributed by atoms with Crippen LogP contribution in [0.15, 0.2) is 12.4 Å². The first-order valence-corrected chi connectivity index (χ1v) is 6.98. The standard InChI is InChI=1S/C14H21N3O2/c1-3-12-11(6-5-7-19-12)14(18)17-10-8-15-13(4-2)16-9-10/h8-9,11-12H,3-7H2,1-2H3,(H,17,18)/t11-,12+/m0/s1. The van der Waals surface area contributed by atoms with Crippen LogP contribution in [0.1, 0.15) is 38.9 Å². The minimum atomic E-state index is -0.0652. The molecule has 0 saturated carbocycles. The highest BCUT2D eigenvalue weighted by molar-refractivity contribution is 5.92. The Balaban J connectivity index is 1.98. The van der Waals surface area contributed by atoms with Crippen LogP contribution in [0.25, 0.3) is 0 Å². The Hall–Kier alpha value is -1.49. The fraction of sp³-hybridized carbons (Fsp3) is 0.643. The van der Waals surface area contributed by atoms with Crippen molar-refractivity contribution in [3.05, 3.63) is 18.2 Å². The average molecular weight is 263 g/mol. The second-order valence-corrected chi connectivity index (χ2v) is 4.80. The number of aromatic nitrogens is 2. The first-order chi connectivity index (χ1) is 9.24. The van der Waals surface area contributed by atoms with Crippen molar-refractivity contribution in [1.82, 2.24) is 9.97 Å². The smallest absolute Gasteiger partial charge is 0.230 e. The van der Waals surface area contributed by atoms with Crippen molar-refractivity contribution in [3.8, 4) is 0 Å². The summed E-state index contributed by atoms with van der Waals surface area (Å²) in [6, 6.07) is 0. The summed E-state index contributed by atoms with van der Waals surface area (Å²) in [6.45, 7) is 4.81. The van der Waals surface area contributed by atoms with Crippen LogP contribution in [0.2, 0.25) is 0 Å². The zero-order valence-corrected chi connectivity index (χ0v) is 11.6. The summed E-state index contributed by atoms with van der Waals surface area (Å²) in [7, 11) is 0. The zero-order valence-electron chi connectivity index (χ0n) is 11.6. The summed E-state index contributed by atoms with van der Waals surface area (Å²) < 4.78 is 5.64. The summed E-state index contributed by atoms with van der Waals surface area (Å²) in [5.41, 5.74) is 0.655.